The third-order valence-corrected chi connectivity index (χ3v) is 2.61. The van der Waals surface area contributed by atoms with Crippen LogP contribution in [0.4, 0.5) is 0 Å². The number of pyridine rings is 1. The normalized spacial score (nSPS) is 11.9. The molecule has 0 radical (unpaired) electrons. The van der Waals surface area contributed by atoms with Gasteiger partial charge in [-0.1, -0.05) is 12.1 Å². The van der Waals surface area contributed by atoms with Crippen LogP contribution in [-0.2, 0) is 0 Å². The fraction of sp³-hybridized carbons (Fsp3) is 0.143. The summed E-state index contributed by atoms with van der Waals surface area (Å²) < 4.78 is 5.60. The second-order valence-corrected chi connectivity index (χ2v) is 4.17. The van der Waals surface area contributed by atoms with Crippen molar-refractivity contribution in [2.24, 2.45) is 11.5 Å². The number of primary amides is 1. The maximum absolute atomic E-state index is 11.3. The van der Waals surface area contributed by atoms with E-state index in [2.05, 4.69) is 4.98 Å². The van der Waals surface area contributed by atoms with Crippen LogP contribution in [0.3, 0.4) is 0 Å². The molecule has 5 nitrogen and oxygen atoms in total. The Kier molecular flexibility index (Phi) is 3.77. The van der Waals surface area contributed by atoms with E-state index < -0.39 is 5.91 Å². The van der Waals surface area contributed by atoms with Gasteiger partial charge >= 0.3 is 0 Å². The van der Waals surface area contributed by atoms with Gasteiger partial charge in [0.25, 0.3) is 5.91 Å². The molecule has 0 aliphatic rings. The van der Waals surface area contributed by atoms with E-state index >= 15 is 0 Å². The van der Waals surface area contributed by atoms with Gasteiger partial charge in [0.05, 0.1) is 17.5 Å². The molecule has 0 fully saturated rings. The molecule has 0 saturated heterocycles. The highest BCUT2D eigenvalue weighted by Crippen LogP contribution is 2.24. The molecule has 2 rings (SSSR count). The number of carbonyl (C=O) groups is 1. The fourth-order valence-electron chi connectivity index (χ4n) is 1.61. The van der Waals surface area contributed by atoms with Gasteiger partial charge in [-0.15, -0.1) is 0 Å². The first-order chi connectivity index (χ1) is 9.08. The molecule has 0 spiro atoms. The van der Waals surface area contributed by atoms with Crippen LogP contribution in [0, 0.1) is 0 Å². The molecule has 19 heavy (non-hydrogen) atoms. The van der Waals surface area contributed by atoms with Gasteiger partial charge in [-0.3, -0.25) is 9.78 Å². The van der Waals surface area contributed by atoms with Crippen LogP contribution in [-0.4, -0.2) is 10.9 Å². The zero-order valence-corrected chi connectivity index (χ0v) is 10.5. The summed E-state index contributed by atoms with van der Waals surface area (Å²) in [5.74, 6) is 0.402. The number of amides is 1. The van der Waals surface area contributed by atoms with Crippen molar-refractivity contribution in [1.82, 2.24) is 4.98 Å². The van der Waals surface area contributed by atoms with E-state index in [9.17, 15) is 4.79 Å². The average molecular weight is 257 g/mol. The smallest absolute Gasteiger partial charge is 0.252 e. The van der Waals surface area contributed by atoms with Crippen LogP contribution in [0.25, 0.3) is 0 Å². The Morgan fingerprint density at radius 1 is 1.26 bits per heavy atom. The number of aromatic nitrogens is 1. The van der Waals surface area contributed by atoms with Gasteiger partial charge in [-0.25, -0.2) is 0 Å². The third-order valence-electron chi connectivity index (χ3n) is 2.61. The first-order valence-corrected chi connectivity index (χ1v) is 5.86. The van der Waals surface area contributed by atoms with Gasteiger partial charge < -0.3 is 16.2 Å². The van der Waals surface area contributed by atoms with Crippen molar-refractivity contribution in [2.45, 2.75) is 13.0 Å². The number of rotatable bonds is 4. The van der Waals surface area contributed by atoms with E-state index in [0.717, 1.165) is 5.69 Å². The molecule has 1 atom stereocenters. The van der Waals surface area contributed by atoms with Gasteiger partial charge in [0, 0.05) is 6.04 Å². The summed E-state index contributed by atoms with van der Waals surface area (Å²) >= 11 is 0. The minimum atomic E-state index is -0.532. The summed E-state index contributed by atoms with van der Waals surface area (Å²) in [5, 5.41) is 0. The molecule has 0 aliphatic heterocycles. The van der Waals surface area contributed by atoms with Crippen LogP contribution in [0.15, 0.2) is 42.6 Å². The molecule has 4 N–H and O–H groups in total. The molecule has 0 unspecified atom stereocenters. The van der Waals surface area contributed by atoms with Crippen molar-refractivity contribution in [2.75, 3.05) is 0 Å². The van der Waals surface area contributed by atoms with Crippen LogP contribution < -0.4 is 16.2 Å². The lowest BCUT2D eigenvalue weighted by Gasteiger charge is -2.10. The van der Waals surface area contributed by atoms with E-state index in [-0.39, 0.29) is 6.04 Å². The Labute approximate surface area is 111 Å². The number of ether oxygens (including phenoxy) is 1. The van der Waals surface area contributed by atoms with E-state index in [1.54, 1.807) is 42.6 Å². The molecule has 1 amide bonds. The van der Waals surface area contributed by atoms with E-state index in [1.165, 1.54) is 0 Å². The van der Waals surface area contributed by atoms with Gasteiger partial charge in [0.15, 0.2) is 0 Å². The molecule has 98 valence electrons. The average Bonchev–Trinajstić information content (AvgIpc) is 2.39. The second-order valence-electron chi connectivity index (χ2n) is 4.17. The zero-order chi connectivity index (χ0) is 13.8. The molecule has 0 aliphatic carbocycles. The molecule has 0 bridgehead atoms. The zero-order valence-electron chi connectivity index (χ0n) is 10.5. The lowest BCUT2D eigenvalue weighted by Crippen LogP contribution is -2.12. The lowest BCUT2D eigenvalue weighted by molar-refractivity contribution is 0.0998. The SMILES string of the molecule is C[C@@H](N)c1ccc(Oc2ccccc2C(N)=O)cn1. The van der Waals surface area contributed by atoms with Gasteiger partial charge in [0.1, 0.15) is 11.5 Å². The molecule has 0 saturated carbocycles. The standard InChI is InChI=1S/C14H15N3O2/c1-9(15)12-7-6-10(8-17-12)19-13-5-3-2-4-11(13)14(16)18/h2-9H,15H2,1H3,(H2,16,18)/t9-/m1/s1. The van der Waals surface area contributed by atoms with Crippen LogP contribution in [0.1, 0.15) is 29.0 Å². The van der Waals surface area contributed by atoms with Crippen LogP contribution in [0.5, 0.6) is 11.5 Å². The van der Waals surface area contributed by atoms with E-state index in [4.69, 9.17) is 16.2 Å². The summed E-state index contributed by atoms with van der Waals surface area (Å²) in [6, 6.07) is 10.2. The highest BCUT2D eigenvalue weighted by atomic mass is 16.5. The summed E-state index contributed by atoms with van der Waals surface area (Å²) in [5.41, 5.74) is 12.1. The first kappa shape index (κ1) is 13.0. The van der Waals surface area contributed by atoms with Gasteiger partial charge in [-0.05, 0) is 31.2 Å². The number of hydrogen-bond acceptors (Lipinski definition) is 4. The maximum Gasteiger partial charge on any atom is 0.252 e. The monoisotopic (exact) mass is 257 g/mol. The molecular weight excluding hydrogens is 242 g/mol. The van der Waals surface area contributed by atoms with Crippen molar-refractivity contribution in [3.05, 3.63) is 53.9 Å². The number of nitrogens with two attached hydrogens (primary N) is 2. The quantitative estimate of drug-likeness (QED) is 0.876. The molecular formula is C14H15N3O2. The molecule has 1 aromatic carbocycles. The molecule has 2 aromatic rings. The van der Waals surface area contributed by atoms with Gasteiger partial charge in [0.2, 0.25) is 0 Å². The highest BCUT2D eigenvalue weighted by Gasteiger charge is 2.09. The number of hydrogen-bond donors (Lipinski definition) is 2. The van der Waals surface area contributed by atoms with Crippen molar-refractivity contribution in [3.8, 4) is 11.5 Å². The topological polar surface area (TPSA) is 91.2 Å². The Balaban J connectivity index is 2.24. The molecule has 1 aromatic heterocycles. The Hall–Kier alpha value is -2.40. The number of benzene rings is 1. The van der Waals surface area contributed by atoms with Crippen molar-refractivity contribution in [3.63, 3.8) is 0 Å². The van der Waals surface area contributed by atoms with Crippen LogP contribution >= 0.6 is 0 Å². The van der Waals surface area contributed by atoms with E-state index in [0.29, 0.717) is 17.1 Å². The Morgan fingerprint density at radius 2 is 2.00 bits per heavy atom. The number of nitrogens with zero attached hydrogens (tertiary/aromatic N) is 1. The minimum absolute atomic E-state index is 0.132. The molecule has 1 heterocycles. The van der Waals surface area contributed by atoms with E-state index in [1.807, 2.05) is 6.92 Å². The fourth-order valence-corrected chi connectivity index (χ4v) is 1.61. The highest BCUT2D eigenvalue weighted by molar-refractivity contribution is 5.95. The summed E-state index contributed by atoms with van der Waals surface area (Å²) in [4.78, 5) is 15.4. The largest absolute Gasteiger partial charge is 0.455 e. The maximum atomic E-state index is 11.3. The lowest BCUT2D eigenvalue weighted by atomic mass is 10.2. The summed E-state index contributed by atoms with van der Waals surface area (Å²) in [6.07, 6.45) is 1.57. The third kappa shape index (κ3) is 3.08. The second kappa shape index (κ2) is 5.49. The van der Waals surface area contributed by atoms with Crippen molar-refractivity contribution < 1.29 is 9.53 Å². The summed E-state index contributed by atoms with van der Waals surface area (Å²) in [7, 11) is 0. The Bertz CT molecular complexity index is 579. The number of para-hydroxylation sites is 1. The predicted octanol–water partition coefficient (Wildman–Crippen LogP) is 1.99. The number of carbonyl (C=O) groups excluding carboxylic acids is 1. The Morgan fingerprint density at radius 3 is 2.58 bits per heavy atom. The first-order valence-electron chi connectivity index (χ1n) is 5.86. The molecule has 5 heteroatoms. The van der Waals surface area contributed by atoms with Gasteiger partial charge in [-0.2, -0.15) is 0 Å². The summed E-state index contributed by atoms with van der Waals surface area (Å²) in [6.45, 7) is 1.85. The van der Waals surface area contributed by atoms with Crippen molar-refractivity contribution >= 4 is 5.91 Å². The minimum Gasteiger partial charge on any atom is -0.455 e. The predicted molar refractivity (Wildman–Crippen MR) is 71.9 cm³/mol. The van der Waals surface area contributed by atoms with Crippen LogP contribution in [0.2, 0.25) is 0 Å². The van der Waals surface area contributed by atoms with Crippen molar-refractivity contribution in [1.29, 1.82) is 0 Å².